The lowest BCUT2D eigenvalue weighted by Gasteiger charge is -2.25. The van der Waals surface area contributed by atoms with Crippen LogP contribution in [0.2, 0.25) is 5.02 Å². The molecular weight excluding hydrogens is 256 g/mol. The van der Waals surface area contributed by atoms with Crippen molar-refractivity contribution in [3.05, 3.63) is 22.7 Å². The third-order valence-corrected chi connectivity index (χ3v) is 4.53. The van der Waals surface area contributed by atoms with E-state index in [1.807, 2.05) is 12.1 Å². The van der Waals surface area contributed by atoms with Crippen molar-refractivity contribution < 1.29 is 0 Å². The van der Waals surface area contributed by atoms with E-state index in [-0.39, 0.29) is 0 Å². The predicted octanol–water partition coefficient (Wildman–Crippen LogP) is 4.64. The maximum atomic E-state index is 6.17. The molecule has 0 bridgehead atoms. The molecule has 1 aliphatic heterocycles. The summed E-state index contributed by atoms with van der Waals surface area (Å²) in [5.41, 5.74) is 9.04. The highest BCUT2D eigenvalue weighted by Crippen LogP contribution is 2.32. The van der Waals surface area contributed by atoms with Gasteiger partial charge in [0.15, 0.2) is 0 Å². The molecule has 1 fully saturated rings. The van der Waals surface area contributed by atoms with Crippen LogP contribution in [0.3, 0.4) is 0 Å². The maximum Gasteiger partial charge on any atom is 0.0656 e. The van der Waals surface area contributed by atoms with E-state index in [4.69, 9.17) is 17.3 Å². The molecule has 2 rings (SSSR count). The van der Waals surface area contributed by atoms with Crippen LogP contribution < -0.4 is 10.6 Å². The summed E-state index contributed by atoms with van der Waals surface area (Å²) in [6.45, 7) is 6.69. The maximum absolute atomic E-state index is 6.17. The van der Waals surface area contributed by atoms with Crippen LogP contribution in [0.4, 0.5) is 11.4 Å². The summed E-state index contributed by atoms with van der Waals surface area (Å²) in [5.74, 6) is 0.902. The minimum absolute atomic E-state index is 0.676. The molecule has 1 aromatic carbocycles. The van der Waals surface area contributed by atoms with Crippen LogP contribution >= 0.6 is 11.6 Å². The summed E-state index contributed by atoms with van der Waals surface area (Å²) in [6.07, 6.45) is 6.63. The second kappa shape index (κ2) is 6.51. The molecule has 0 radical (unpaired) electrons. The number of nitrogens with two attached hydrogens (primary N) is 1. The summed E-state index contributed by atoms with van der Waals surface area (Å²) in [7, 11) is 0. The molecule has 1 atom stereocenters. The monoisotopic (exact) mass is 280 g/mol. The summed E-state index contributed by atoms with van der Waals surface area (Å²) in [6, 6.07) is 4.03. The smallest absolute Gasteiger partial charge is 0.0656 e. The molecule has 1 unspecified atom stereocenters. The van der Waals surface area contributed by atoms with Crippen molar-refractivity contribution in [2.24, 2.45) is 5.92 Å². The Hall–Kier alpha value is -0.890. The fourth-order valence-electron chi connectivity index (χ4n) is 3.14. The third-order valence-electron chi connectivity index (χ3n) is 4.20. The lowest BCUT2D eigenvalue weighted by Crippen LogP contribution is -2.25. The Balaban J connectivity index is 2.12. The number of nitrogens with zero attached hydrogens (tertiary/aromatic N) is 1. The van der Waals surface area contributed by atoms with Crippen LogP contribution in [0.25, 0.3) is 0 Å². The molecule has 1 aromatic rings. The van der Waals surface area contributed by atoms with Gasteiger partial charge in [0.25, 0.3) is 0 Å². The van der Waals surface area contributed by atoms with Crippen LogP contribution in [0.15, 0.2) is 12.1 Å². The van der Waals surface area contributed by atoms with Crippen molar-refractivity contribution in [2.45, 2.75) is 46.0 Å². The molecule has 0 aliphatic carbocycles. The molecule has 0 amide bonds. The van der Waals surface area contributed by atoms with E-state index >= 15 is 0 Å². The van der Waals surface area contributed by atoms with Gasteiger partial charge >= 0.3 is 0 Å². The Morgan fingerprint density at radius 2 is 2.11 bits per heavy atom. The topological polar surface area (TPSA) is 29.3 Å². The fourth-order valence-corrected chi connectivity index (χ4v) is 3.30. The second-order valence-corrected chi connectivity index (χ2v) is 6.14. The number of benzene rings is 1. The zero-order valence-electron chi connectivity index (χ0n) is 12.1. The van der Waals surface area contributed by atoms with Crippen LogP contribution in [0.1, 0.15) is 44.6 Å². The van der Waals surface area contributed by atoms with Crippen molar-refractivity contribution >= 4 is 23.0 Å². The average molecular weight is 281 g/mol. The summed E-state index contributed by atoms with van der Waals surface area (Å²) in [5, 5.41) is 0.676. The number of rotatable bonds is 3. The first kappa shape index (κ1) is 14.5. The first-order chi connectivity index (χ1) is 9.11. The number of hydrogen-bond acceptors (Lipinski definition) is 2. The summed E-state index contributed by atoms with van der Waals surface area (Å²) < 4.78 is 0. The zero-order chi connectivity index (χ0) is 13.8. The van der Waals surface area contributed by atoms with Gasteiger partial charge in [-0.05, 0) is 49.8 Å². The van der Waals surface area contributed by atoms with E-state index < -0.39 is 0 Å². The van der Waals surface area contributed by atoms with E-state index in [2.05, 4.69) is 18.7 Å². The van der Waals surface area contributed by atoms with Crippen molar-refractivity contribution in [1.29, 1.82) is 0 Å². The molecule has 3 heteroatoms. The van der Waals surface area contributed by atoms with E-state index in [9.17, 15) is 0 Å². The highest BCUT2D eigenvalue weighted by Gasteiger charge is 2.18. The van der Waals surface area contributed by atoms with Crippen LogP contribution in [0.5, 0.6) is 0 Å². The van der Waals surface area contributed by atoms with Gasteiger partial charge < -0.3 is 10.6 Å². The minimum atomic E-state index is 0.676. The van der Waals surface area contributed by atoms with E-state index in [1.165, 1.54) is 43.4 Å². The van der Waals surface area contributed by atoms with Gasteiger partial charge in [-0.15, -0.1) is 0 Å². The molecule has 19 heavy (non-hydrogen) atoms. The van der Waals surface area contributed by atoms with E-state index in [0.29, 0.717) is 10.7 Å². The molecule has 0 aromatic heterocycles. The van der Waals surface area contributed by atoms with Crippen LogP contribution in [-0.4, -0.2) is 13.1 Å². The summed E-state index contributed by atoms with van der Waals surface area (Å²) in [4.78, 5) is 2.48. The number of anilines is 2. The first-order valence-electron chi connectivity index (χ1n) is 7.42. The molecule has 0 spiro atoms. The Labute approximate surface area is 121 Å². The van der Waals surface area contributed by atoms with Crippen molar-refractivity contribution in [3.8, 4) is 0 Å². The minimum Gasteiger partial charge on any atom is -0.398 e. The van der Waals surface area contributed by atoms with Gasteiger partial charge in [0.1, 0.15) is 0 Å². The molecule has 1 saturated heterocycles. The Kier molecular flexibility index (Phi) is 4.98. The first-order valence-corrected chi connectivity index (χ1v) is 7.80. The van der Waals surface area contributed by atoms with Crippen molar-refractivity contribution in [3.63, 3.8) is 0 Å². The van der Waals surface area contributed by atoms with Gasteiger partial charge in [-0.25, -0.2) is 0 Å². The number of nitrogen functional groups attached to an aromatic ring is 1. The molecule has 0 saturated carbocycles. The van der Waals surface area contributed by atoms with E-state index in [0.717, 1.165) is 19.0 Å². The normalized spacial score (nSPS) is 20.4. The molecule has 106 valence electrons. The molecule has 2 nitrogen and oxygen atoms in total. The van der Waals surface area contributed by atoms with Crippen LogP contribution in [0, 0.1) is 12.8 Å². The predicted molar refractivity (Wildman–Crippen MR) is 85.1 cm³/mol. The van der Waals surface area contributed by atoms with Gasteiger partial charge in [0.2, 0.25) is 0 Å². The number of aryl methyl sites for hydroxylation is 1. The lowest BCUT2D eigenvalue weighted by atomic mass is 9.96. The van der Waals surface area contributed by atoms with Gasteiger partial charge in [-0.1, -0.05) is 31.4 Å². The second-order valence-electron chi connectivity index (χ2n) is 5.73. The van der Waals surface area contributed by atoms with Gasteiger partial charge in [-0.3, -0.25) is 0 Å². The van der Waals surface area contributed by atoms with Gasteiger partial charge in [0, 0.05) is 18.8 Å². The standard InChI is InChI=1S/C16H25ClN2/c1-3-5-13-6-4-8-19(9-7-13)16-11-14(17)15(18)10-12(16)2/h10-11,13H,3-9,18H2,1-2H3. The zero-order valence-corrected chi connectivity index (χ0v) is 12.8. The highest BCUT2D eigenvalue weighted by molar-refractivity contribution is 6.33. The number of hydrogen-bond donors (Lipinski definition) is 1. The number of halogens is 1. The largest absolute Gasteiger partial charge is 0.398 e. The molecular formula is C16H25ClN2. The fraction of sp³-hybridized carbons (Fsp3) is 0.625. The van der Waals surface area contributed by atoms with Crippen molar-refractivity contribution in [1.82, 2.24) is 0 Å². The van der Waals surface area contributed by atoms with Gasteiger partial charge in [-0.2, -0.15) is 0 Å². The molecule has 2 N–H and O–H groups in total. The van der Waals surface area contributed by atoms with Gasteiger partial charge in [0.05, 0.1) is 10.7 Å². The molecule has 1 aliphatic rings. The third kappa shape index (κ3) is 3.56. The SMILES string of the molecule is CCCC1CCCN(c2cc(Cl)c(N)cc2C)CC1. The Morgan fingerprint density at radius 1 is 1.32 bits per heavy atom. The quantitative estimate of drug-likeness (QED) is 0.818. The highest BCUT2D eigenvalue weighted by atomic mass is 35.5. The average Bonchev–Trinajstić information content (AvgIpc) is 2.60. The van der Waals surface area contributed by atoms with Crippen molar-refractivity contribution in [2.75, 3.05) is 23.7 Å². The Morgan fingerprint density at radius 3 is 2.84 bits per heavy atom. The lowest BCUT2D eigenvalue weighted by molar-refractivity contribution is 0.435. The van der Waals surface area contributed by atoms with E-state index in [1.54, 1.807) is 0 Å². The summed E-state index contributed by atoms with van der Waals surface area (Å²) >= 11 is 6.17. The van der Waals surface area contributed by atoms with Crippen LogP contribution in [-0.2, 0) is 0 Å². The molecule has 1 heterocycles. The Bertz CT molecular complexity index is 431.